The van der Waals surface area contributed by atoms with E-state index in [0.29, 0.717) is 44.0 Å². The molecular formula is C22H15Cl2N7O3. The summed E-state index contributed by atoms with van der Waals surface area (Å²) < 4.78 is 12.1. The number of benzene rings is 2. The highest BCUT2D eigenvalue weighted by Gasteiger charge is 2.20. The Labute approximate surface area is 201 Å². The number of hydrogen-bond donors (Lipinski definition) is 2. The van der Waals surface area contributed by atoms with Gasteiger partial charge in [0.2, 0.25) is 0 Å². The fraction of sp³-hybridized carbons (Fsp3) is 0.0455. The van der Waals surface area contributed by atoms with Crippen LogP contribution in [0.1, 0.15) is 5.76 Å². The van der Waals surface area contributed by atoms with Gasteiger partial charge in [0.1, 0.15) is 18.1 Å². The minimum atomic E-state index is -0.402. The van der Waals surface area contributed by atoms with Crippen molar-refractivity contribution in [3.05, 3.63) is 70.4 Å². The van der Waals surface area contributed by atoms with Crippen LogP contribution >= 0.6 is 23.2 Å². The molecule has 0 atom stereocenters. The second-order valence-corrected chi connectivity index (χ2v) is 7.89. The molecule has 34 heavy (non-hydrogen) atoms. The van der Waals surface area contributed by atoms with Crippen LogP contribution in [0.15, 0.2) is 68.7 Å². The van der Waals surface area contributed by atoms with Gasteiger partial charge in [-0.2, -0.15) is 5.10 Å². The molecule has 0 aliphatic heterocycles. The van der Waals surface area contributed by atoms with Crippen LogP contribution in [0.4, 0.5) is 5.82 Å². The number of fused-ring (bicyclic) bond motifs is 1. The number of hydrazone groups is 1. The zero-order chi connectivity index (χ0) is 23.7. The predicted molar refractivity (Wildman–Crippen MR) is 127 cm³/mol. The Hall–Kier alpha value is -4.15. The first-order chi connectivity index (χ1) is 16.5. The van der Waals surface area contributed by atoms with Crippen LogP contribution in [0.5, 0.6) is 0 Å². The maximum atomic E-state index is 12.6. The number of halogens is 2. The van der Waals surface area contributed by atoms with Gasteiger partial charge < -0.3 is 14.7 Å². The van der Waals surface area contributed by atoms with Gasteiger partial charge in [-0.15, -0.1) is 0 Å². The average molecular weight is 496 g/mol. The predicted octanol–water partition coefficient (Wildman–Crippen LogP) is 4.39. The van der Waals surface area contributed by atoms with E-state index in [4.69, 9.17) is 33.4 Å². The Morgan fingerprint density at radius 3 is 2.79 bits per heavy atom. The molecule has 0 fully saturated rings. The zero-order valence-electron chi connectivity index (χ0n) is 17.3. The summed E-state index contributed by atoms with van der Waals surface area (Å²) >= 11 is 12.3. The molecule has 0 aliphatic rings. The Balaban J connectivity index is 1.33. The molecule has 3 heterocycles. The SMILES string of the molecule is Nc1nonc1-c1nc2ccccc2n1CC(=O)NN=Cc1ccc(-c2cccc(Cl)c2Cl)o1. The van der Waals surface area contributed by atoms with Gasteiger partial charge in [-0.3, -0.25) is 4.79 Å². The van der Waals surface area contributed by atoms with E-state index in [1.807, 2.05) is 24.3 Å². The Bertz CT molecular complexity index is 1540. The van der Waals surface area contributed by atoms with Crippen LogP contribution in [0.3, 0.4) is 0 Å². The molecule has 5 rings (SSSR count). The fourth-order valence-electron chi connectivity index (χ4n) is 3.37. The number of anilines is 1. The number of rotatable bonds is 6. The lowest BCUT2D eigenvalue weighted by Gasteiger charge is -2.06. The smallest absolute Gasteiger partial charge is 0.260 e. The van der Waals surface area contributed by atoms with Crippen LogP contribution in [0.2, 0.25) is 10.0 Å². The summed E-state index contributed by atoms with van der Waals surface area (Å²) in [6.07, 6.45) is 1.38. The largest absolute Gasteiger partial charge is 0.455 e. The number of carbonyl (C=O) groups excluding carboxylic acids is 1. The number of para-hydroxylation sites is 2. The lowest BCUT2D eigenvalue weighted by molar-refractivity contribution is -0.121. The topological polar surface area (TPSA) is 137 Å². The summed E-state index contributed by atoms with van der Waals surface area (Å²) in [7, 11) is 0. The lowest BCUT2D eigenvalue weighted by atomic mass is 10.2. The fourth-order valence-corrected chi connectivity index (χ4v) is 3.77. The molecule has 12 heteroatoms. The van der Waals surface area contributed by atoms with Crippen molar-refractivity contribution < 1.29 is 13.8 Å². The number of imidazole rings is 1. The van der Waals surface area contributed by atoms with Crippen LogP contribution in [0.25, 0.3) is 33.9 Å². The number of carbonyl (C=O) groups is 1. The first kappa shape index (κ1) is 21.7. The third kappa shape index (κ3) is 4.12. The molecule has 0 unspecified atom stereocenters. The molecule has 2 aromatic carbocycles. The van der Waals surface area contributed by atoms with Crippen molar-refractivity contribution in [3.63, 3.8) is 0 Å². The lowest BCUT2D eigenvalue weighted by Crippen LogP contribution is -2.23. The summed E-state index contributed by atoms with van der Waals surface area (Å²) in [5.74, 6) is 0.965. The molecule has 1 amide bonds. The minimum absolute atomic E-state index is 0.0726. The molecule has 0 saturated carbocycles. The molecule has 3 N–H and O–H groups in total. The summed E-state index contributed by atoms with van der Waals surface area (Å²) in [5.41, 5.74) is 10.6. The third-order valence-electron chi connectivity index (χ3n) is 4.91. The van der Waals surface area contributed by atoms with Crippen molar-refractivity contribution in [1.29, 1.82) is 0 Å². The molecule has 0 radical (unpaired) electrons. The van der Waals surface area contributed by atoms with E-state index in [2.05, 4.69) is 30.5 Å². The number of furan rings is 1. The van der Waals surface area contributed by atoms with E-state index in [9.17, 15) is 4.79 Å². The van der Waals surface area contributed by atoms with Crippen LogP contribution in [0, 0.1) is 0 Å². The van der Waals surface area contributed by atoms with E-state index < -0.39 is 5.91 Å². The first-order valence-electron chi connectivity index (χ1n) is 9.91. The van der Waals surface area contributed by atoms with E-state index >= 15 is 0 Å². The Morgan fingerprint density at radius 2 is 1.97 bits per heavy atom. The van der Waals surface area contributed by atoms with Crippen LogP contribution in [-0.4, -0.2) is 32.0 Å². The molecule has 0 aliphatic carbocycles. The molecule has 0 spiro atoms. The summed E-state index contributed by atoms with van der Waals surface area (Å²) in [6, 6.07) is 16.0. The third-order valence-corrected chi connectivity index (χ3v) is 5.73. The highest BCUT2D eigenvalue weighted by atomic mass is 35.5. The Kier molecular flexibility index (Phi) is 5.74. The molecular weight excluding hydrogens is 481 g/mol. The van der Waals surface area contributed by atoms with Crippen LogP contribution in [-0.2, 0) is 11.3 Å². The first-order valence-corrected chi connectivity index (χ1v) is 10.7. The number of amides is 1. The quantitative estimate of drug-likeness (QED) is 0.263. The van der Waals surface area contributed by atoms with Gasteiger partial charge >= 0.3 is 0 Å². The highest BCUT2D eigenvalue weighted by molar-refractivity contribution is 6.43. The van der Waals surface area contributed by atoms with Gasteiger partial charge in [0.15, 0.2) is 17.3 Å². The van der Waals surface area contributed by atoms with Gasteiger partial charge in [0.25, 0.3) is 5.91 Å². The molecule has 3 aromatic heterocycles. The molecule has 0 saturated heterocycles. The number of aromatic nitrogens is 4. The standard InChI is InChI=1S/C22H15Cl2N7O3/c23-14-5-3-4-13(19(14)24)17-9-8-12(33-17)10-26-28-18(32)11-31-16-7-2-1-6-15(16)27-22(31)20-21(25)30-34-29-20/h1-10H,11H2,(H2,25,30)(H,28,32). The van der Waals surface area contributed by atoms with Gasteiger partial charge in [-0.25, -0.2) is 15.0 Å². The van der Waals surface area contributed by atoms with Gasteiger partial charge in [0.05, 0.1) is 27.3 Å². The second-order valence-electron chi connectivity index (χ2n) is 7.10. The van der Waals surface area contributed by atoms with Gasteiger partial charge in [0, 0.05) is 5.56 Å². The zero-order valence-corrected chi connectivity index (χ0v) is 18.8. The second kappa shape index (κ2) is 9.00. The van der Waals surface area contributed by atoms with Crippen molar-refractivity contribution in [2.45, 2.75) is 6.54 Å². The number of nitrogens with two attached hydrogens (primary N) is 1. The maximum Gasteiger partial charge on any atom is 0.260 e. The van der Waals surface area contributed by atoms with Gasteiger partial charge in [-0.1, -0.05) is 41.4 Å². The summed E-state index contributed by atoms with van der Waals surface area (Å²) in [6.45, 7) is -0.0962. The normalized spacial score (nSPS) is 11.5. The molecule has 0 bridgehead atoms. The van der Waals surface area contributed by atoms with E-state index in [-0.39, 0.29) is 18.1 Å². The van der Waals surface area contributed by atoms with Gasteiger partial charge in [-0.05, 0) is 46.7 Å². The maximum absolute atomic E-state index is 12.6. The molecule has 170 valence electrons. The molecule has 10 nitrogen and oxygen atoms in total. The average Bonchev–Trinajstić information content (AvgIpc) is 3.55. The number of nitrogens with one attached hydrogen (secondary N) is 1. The van der Waals surface area contributed by atoms with E-state index in [1.54, 1.807) is 34.9 Å². The number of nitrogen functional groups attached to an aromatic ring is 1. The molecule has 5 aromatic rings. The summed E-state index contributed by atoms with van der Waals surface area (Å²) in [4.78, 5) is 17.1. The van der Waals surface area contributed by atoms with E-state index in [1.165, 1.54) is 6.21 Å². The number of nitrogens with zero attached hydrogens (tertiary/aromatic N) is 5. The van der Waals surface area contributed by atoms with Crippen molar-refractivity contribution >= 4 is 52.2 Å². The van der Waals surface area contributed by atoms with Crippen LogP contribution < -0.4 is 11.2 Å². The van der Waals surface area contributed by atoms with Crippen molar-refractivity contribution in [2.75, 3.05) is 5.73 Å². The minimum Gasteiger partial charge on any atom is -0.455 e. The monoisotopic (exact) mass is 495 g/mol. The van der Waals surface area contributed by atoms with E-state index in [0.717, 1.165) is 0 Å². The Morgan fingerprint density at radius 1 is 1.12 bits per heavy atom. The number of hydrogen-bond acceptors (Lipinski definition) is 8. The summed E-state index contributed by atoms with van der Waals surface area (Å²) in [5, 5.41) is 12.2. The highest BCUT2D eigenvalue weighted by Crippen LogP contribution is 2.34. The van der Waals surface area contributed by atoms with Crippen molar-refractivity contribution in [3.8, 4) is 22.8 Å². The van der Waals surface area contributed by atoms with Crippen molar-refractivity contribution in [2.24, 2.45) is 5.10 Å². The van der Waals surface area contributed by atoms with Crippen molar-refractivity contribution in [1.82, 2.24) is 25.3 Å².